The number of carbonyl (C=O) groups excluding carboxylic acids is 2. The Kier molecular flexibility index (Phi) is 9.28. The van der Waals surface area contributed by atoms with E-state index in [4.69, 9.17) is 38.0 Å². The molecule has 1 saturated heterocycles. The van der Waals surface area contributed by atoms with Crippen molar-refractivity contribution in [2.75, 3.05) is 30.0 Å². The first-order valence-corrected chi connectivity index (χ1v) is 13.4. The van der Waals surface area contributed by atoms with Gasteiger partial charge >= 0.3 is 0 Å². The number of hydrogen-bond donors (Lipinski definition) is 1. The third kappa shape index (κ3) is 6.86. The molecule has 4 rings (SSSR count). The van der Waals surface area contributed by atoms with Crippen molar-refractivity contribution in [1.82, 2.24) is 0 Å². The highest BCUT2D eigenvalue weighted by molar-refractivity contribution is 8.27. The summed E-state index contributed by atoms with van der Waals surface area (Å²) in [5.41, 5.74) is 2.03. The second-order valence-electron chi connectivity index (χ2n) is 7.93. The van der Waals surface area contributed by atoms with Gasteiger partial charge in [-0.15, -0.1) is 0 Å². The largest absolute Gasteiger partial charge is 0.494 e. The van der Waals surface area contributed by atoms with Gasteiger partial charge in [0, 0.05) is 10.7 Å². The number of benzene rings is 3. The lowest BCUT2D eigenvalue weighted by Crippen LogP contribution is -2.27. The van der Waals surface area contributed by atoms with Crippen LogP contribution in [0.15, 0.2) is 71.6 Å². The maximum Gasteiger partial charge on any atom is 0.270 e. The molecule has 1 heterocycles. The number of nitrogens with one attached hydrogen (secondary N) is 1. The lowest BCUT2D eigenvalue weighted by Gasteiger charge is -2.15. The molecule has 7 nitrogen and oxygen atoms in total. The minimum Gasteiger partial charge on any atom is -0.494 e. The smallest absolute Gasteiger partial charge is 0.270 e. The molecule has 0 aromatic heterocycles. The van der Waals surface area contributed by atoms with Crippen LogP contribution in [-0.4, -0.2) is 36.0 Å². The van der Waals surface area contributed by atoms with Crippen LogP contribution in [-0.2, 0) is 9.59 Å². The van der Waals surface area contributed by atoms with Gasteiger partial charge in [0.25, 0.3) is 11.8 Å². The molecule has 1 N–H and O–H groups in total. The van der Waals surface area contributed by atoms with Crippen molar-refractivity contribution in [2.24, 2.45) is 0 Å². The number of halogens is 1. The fourth-order valence-electron chi connectivity index (χ4n) is 3.58. The Labute approximate surface area is 235 Å². The van der Waals surface area contributed by atoms with E-state index in [2.05, 4.69) is 5.32 Å². The van der Waals surface area contributed by atoms with Crippen molar-refractivity contribution in [3.05, 3.63) is 82.2 Å². The predicted molar refractivity (Wildman–Crippen MR) is 156 cm³/mol. The van der Waals surface area contributed by atoms with Crippen LogP contribution in [0.4, 0.5) is 11.4 Å². The monoisotopic (exact) mass is 568 g/mol. The van der Waals surface area contributed by atoms with Crippen molar-refractivity contribution in [1.29, 1.82) is 0 Å². The third-order valence-electron chi connectivity index (χ3n) is 5.25. The highest BCUT2D eigenvalue weighted by Crippen LogP contribution is 2.37. The summed E-state index contributed by atoms with van der Waals surface area (Å²) in [6.45, 7) is 4.52. The maximum absolute atomic E-state index is 13.2. The average Bonchev–Trinajstić information content (AvgIpc) is 3.18. The molecule has 38 heavy (non-hydrogen) atoms. The Balaban J connectivity index is 1.45. The number of nitrogens with zero attached hydrogens (tertiary/aromatic N) is 1. The molecule has 0 saturated carbocycles. The van der Waals surface area contributed by atoms with Gasteiger partial charge in [0.05, 0.1) is 23.8 Å². The van der Waals surface area contributed by atoms with Crippen molar-refractivity contribution < 1.29 is 23.8 Å². The Morgan fingerprint density at radius 3 is 2.37 bits per heavy atom. The van der Waals surface area contributed by atoms with E-state index < -0.39 is 0 Å². The Hall–Kier alpha value is -3.53. The minimum absolute atomic E-state index is 0.206. The Morgan fingerprint density at radius 1 is 0.974 bits per heavy atom. The molecule has 10 heteroatoms. The maximum atomic E-state index is 13.2. The van der Waals surface area contributed by atoms with Gasteiger partial charge in [-0.3, -0.25) is 14.5 Å². The molecule has 1 aliphatic rings. The highest BCUT2D eigenvalue weighted by atomic mass is 35.5. The van der Waals surface area contributed by atoms with Crippen LogP contribution in [0.2, 0.25) is 5.02 Å². The third-order valence-corrected chi connectivity index (χ3v) is 6.81. The predicted octanol–water partition coefficient (Wildman–Crippen LogP) is 6.56. The summed E-state index contributed by atoms with van der Waals surface area (Å²) in [5.74, 6) is 1.07. The summed E-state index contributed by atoms with van der Waals surface area (Å²) in [6, 6.07) is 19.3. The van der Waals surface area contributed by atoms with E-state index in [0.29, 0.717) is 50.3 Å². The standard InChI is InChI=1S/C28H25ClN2O5S2/c1-3-34-22-12-10-21(11-13-22)31-27(33)25(38-28(31)37)16-18-5-14-23(24(15-18)35-4-2)36-17-26(32)30-20-8-6-19(29)7-9-20/h5-16H,3-4,17H2,1-2H3,(H,30,32)/b25-16-. The summed E-state index contributed by atoms with van der Waals surface area (Å²) >= 11 is 12.6. The SMILES string of the molecule is CCOc1ccc(N2C(=O)/C(=C/c3ccc(OCC(=O)Nc4ccc(Cl)cc4)c(OCC)c3)SC2=S)cc1. The van der Waals surface area contributed by atoms with Crippen LogP contribution >= 0.6 is 35.6 Å². The topological polar surface area (TPSA) is 77.1 Å². The Morgan fingerprint density at radius 2 is 1.68 bits per heavy atom. The van der Waals surface area contributed by atoms with Gasteiger partial charge in [-0.1, -0.05) is 41.6 Å². The molecular weight excluding hydrogens is 544 g/mol. The van der Waals surface area contributed by atoms with Crippen molar-refractivity contribution in [3.8, 4) is 17.2 Å². The van der Waals surface area contributed by atoms with Gasteiger partial charge in [-0.25, -0.2) is 0 Å². The normalized spacial score (nSPS) is 14.1. The van der Waals surface area contributed by atoms with Crippen molar-refractivity contribution in [3.63, 3.8) is 0 Å². The molecule has 1 aliphatic heterocycles. The average molecular weight is 569 g/mol. The molecule has 0 spiro atoms. The van der Waals surface area contributed by atoms with Gasteiger partial charge < -0.3 is 19.5 Å². The molecule has 0 unspecified atom stereocenters. The van der Waals surface area contributed by atoms with E-state index in [1.165, 1.54) is 16.7 Å². The molecule has 0 atom stereocenters. The number of rotatable bonds is 10. The Bertz CT molecular complexity index is 1360. The summed E-state index contributed by atoms with van der Waals surface area (Å²) < 4.78 is 17.4. The number of thioether (sulfide) groups is 1. The molecule has 0 aliphatic carbocycles. The summed E-state index contributed by atoms with van der Waals surface area (Å²) in [6.07, 6.45) is 1.76. The molecule has 196 valence electrons. The highest BCUT2D eigenvalue weighted by Gasteiger charge is 2.33. The summed E-state index contributed by atoms with van der Waals surface area (Å²) in [4.78, 5) is 27.5. The van der Waals surface area contributed by atoms with E-state index in [1.54, 1.807) is 60.7 Å². The first kappa shape index (κ1) is 27.5. The van der Waals surface area contributed by atoms with Gasteiger partial charge in [0.1, 0.15) is 5.75 Å². The zero-order chi connectivity index (χ0) is 27.1. The van der Waals surface area contributed by atoms with Crippen LogP contribution in [0.25, 0.3) is 6.08 Å². The van der Waals surface area contributed by atoms with Gasteiger partial charge in [0.15, 0.2) is 22.4 Å². The number of thiocarbonyl (C=S) groups is 1. The lowest BCUT2D eigenvalue weighted by molar-refractivity contribution is -0.118. The van der Waals surface area contributed by atoms with Crippen LogP contribution in [0.5, 0.6) is 17.2 Å². The second-order valence-corrected chi connectivity index (χ2v) is 10.0. The molecule has 1 fully saturated rings. The first-order valence-electron chi connectivity index (χ1n) is 11.8. The van der Waals surface area contributed by atoms with Crippen LogP contribution in [0.1, 0.15) is 19.4 Å². The van der Waals surface area contributed by atoms with Crippen molar-refractivity contribution in [2.45, 2.75) is 13.8 Å². The zero-order valence-electron chi connectivity index (χ0n) is 20.7. The summed E-state index contributed by atoms with van der Waals surface area (Å²) in [7, 11) is 0. The lowest BCUT2D eigenvalue weighted by atomic mass is 10.1. The first-order chi connectivity index (χ1) is 18.4. The molecular formula is C28H25ClN2O5S2. The fourth-order valence-corrected chi connectivity index (χ4v) is 5.00. The molecule has 3 aromatic carbocycles. The van der Waals surface area contributed by atoms with Gasteiger partial charge in [-0.2, -0.15) is 0 Å². The number of ether oxygens (including phenoxy) is 3. The minimum atomic E-state index is -0.322. The zero-order valence-corrected chi connectivity index (χ0v) is 23.1. The van der Waals surface area contributed by atoms with E-state index in [-0.39, 0.29) is 18.4 Å². The van der Waals surface area contributed by atoms with E-state index in [0.717, 1.165) is 11.3 Å². The fraction of sp³-hybridized carbons (Fsp3) is 0.179. The number of anilines is 2. The van der Waals surface area contributed by atoms with Crippen LogP contribution in [0.3, 0.4) is 0 Å². The molecule has 0 radical (unpaired) electrons. The van der Waals surface area contributed by atoms with Gasteiger partial charge in [0.2, 0.25) is 0 Å². The number of hydrogen-bond acceptors (Lipinski definition) is 7. The summed E-state index contributed by atoms with van der Waals surface area (Å²) in [5, 5.41) is 3.33. The quantitative estimate of drug-likeness (QED) is 0.219. The number of carbonyl (C=O) groups is 2. The van der Waals surface area contributed by atoms with E-state index in [1.807, 2.05) is 26.0 Å². The van der Waals surface area contributed by atoms with Crippen LogP contribution < -0.4 is 24.4 Å². The van der Waals surface area contributed by atoms with E-state index >= 15 is 0 Å². The molecule has 2 amide bonds. The molecule has 0 bridgehead atoms. The number of amides is 2. The molecule has 3 aromatic rings. The van der Waals surface area contributed by atoms with Crippen molar-refractivity contribution >= 4 is 69.2 Å². The van der Waals surface area contributed by atoms with E-state index in [9.17, 15) is 9.59 Å². The van der Waals surface area contributed by atoms with Gasteiger partial charge in [-0.05, 0) is 86.2 Å². The van der Waals surface area contributed by atoms with Crippen LogP contribution in [0, 0.1) is 0 Å². The second kappa shape index (κ2) is 12.8.